The van der Waals surface area contributed by atoms with E-state index in [4.69, 9.17) is 4.42 Å². The zero-order chi connectivity index (χ0) is 21.9. The Morgan fingerprint density at radius 2 is 1.06 bits per heavy atom. The van der Waals surface area contributed by atoms with E-state index in [1.165, 1.54) is 49.4 Å². The molecule has 0 aliphatic rings. The minimum absolute atomic E-state index is 0.924. The number of hydrogen-bond acceptors (Lipinski definition) is 1. The SMILES string of the molecule is Cn1c2ccc(-c3ccccc3)cc2c2c3c(ccc21)oc1ccc(-c2ccccc2)cc13. The minimum atomic E-state index is 0.924. The van der Waals surface area contributed by atoms with Crippen molar-refractivity contribution in [3.05, 3.63) is 109 Å². The second kappa shape index (κ2) is 6.85. The van der Waals surface area contributed by atoms with Crippen LogP contribution in [0.25, 0.3) is 66.0 Å². The maximum absolute atomic E-state index is 6.32. The normalized spacial score (nSPS) is 11.8. The molecule has 0 aliphatic heterocycles. The summed E-state index contributed by atoms with van der Waals surface area (Å²) >= 11 is 0. The summed E-state index contributed by atoms with van der Waals surface area (Å²) in [6.07, 6.45) is 0. The van der Waals surface area contributed by atoms with Gasteiger partial charge in [-0.1, -0.05) is 72.8 Å². The average Bonchev–Trinajstić information content (AvgIpc) is 3.39. The lowest BCUT2D eigenvalue weighted by Gasteiger charge is -2.03. The van der Waals surface area contributed by atoms with Gasteiger partial charge in [-0.15, -0.1) is 0 Å². The Balaban J connectivity index is 1.60. The van der Waals surface area contributed by atoms with Gasteiger partial charge in [0.05, 0.1) is 0 Å². The summed E-state index contributed by atoms with van der Waals surface area (Å²) in [5.41, 5.74) is 9.17. The minimum Gasteiger partial charge on any atom is -0.456 e. The van der Waals surface area contributed by atoms with Crippen LogP contribution in [-0.4, -0.2) is 4.57 Å². The van der Waals surface area contributed by atoms with Crippen LogP contribution in [0.3, 0.4) is 0 Å². The van der Waals surface area contributed by atoms with Gasteiger partial charge in [0.1, 0.15) is 11.2 Å². The predicted octanol–water partition coefficient (Wildman–Crippen LogP) is 8.56. The third-order valence-electron chi connectivity index (χ3n) is 6.82. The van der Waals surface area contributed by atoms with E-state index < -0.39 is 0 Å². The molecule has 0 spiro atoms. The highest BCUT2D eigenvalue weighted by atomic mass is 16.3. The molecule has 0 fully saturated rings. The van der Waals surface area contributed by atoms with E-state index >= 15 is 0 Å². The maximum atomic E-state index is 6.32. The highest BCUT2D eigenvalue weighted by Crippen LogP contribution is 2.41. The Morgan fingerprint density at radius 1 is 0.485 bits per heavy atom. The van der Waals surface area contributed by atoms with E-state index in [0.29, 0.717) is 0 Å². The molecule has 0 atom stereocenters. The molecule has 2 heteroatoms. The molecule has 0 amide bonds. The molecule has 7 rings (SSSR count). The Bertz CT molecular complexity index is 1800. The van der Waals surface area contributed by atoms with Gasteiger partial charge in [0.15, 0.2) is 0 Å². The van der Waals surface area contributed by atoms with Gasteiger partial charge in [-0.3, -0.25) is 0 Å². The van der Waals surface area contributed by atoms with Gasteiger partial charge in [0.25, 0.3) is 0 Å². The lowest BCUT2D eigenvalue weighted by atomic mass is 9.99. The van der Waals surface area contributed by atoms with Crippen LogP contribution in [0.1, 0.15) is 0 Å². The molecule has 0 aliphatic carbocycles. The lowest BCUT2D eigenvalue weighted by molar-refractivity contribution is 0.669. The summed E-state index contributed by atoms with van der Waals surface area (Å²) < 4.78 is 8.61. The first kappa shape index (κ1) is 18.3. The number of aromatic nitrogens is 1. The molecule has 2 heterocycles. The number of benzene rings is 5. The fraction of sp³-hybridized carbons (Fsp3) is 0.0323. The van der Waals surface area contributed by atoms with Crippen LogP contribution >= 0.6 is 0 Å². The van der Waals surface area contributed by atoms with Crippen LogP contribution in [0.2, 0.25) is 0 Å². The van der Waals surface area contributed by atoms with E-state index in [1.807, 2.05) is 0 Å². The third kappa shape index (κ3) is 2.68. The molecule has 33 heavy (non-hydrogen) atoms. The Hall–Kier alpha value is -4.30. The van der Waals surface area contributed by atoms with E-state index in [0.717, 1.165) is 16.6 Å². The lowest BCUT2D eigenvalue weighted by Crippen LogP contribution is -1.86. The van der Waals surface area contributed by atoms with E-state index in [-0.39, 0.29) is 0 Å². The molecule has 0 N–H and O–H groups in total. The number of rotatable bonds is 2. The van der Waals surface area contributed by atoms with E-state index in [2.05, 4.69) is 121 Å². The zero-order valence-corrected chi connectivity index (χ0v) is 18.2. The van der Waals surface area contributed by atoms with Crippen molar-refractivity contribution in [1.29, 1.82) is 0 Å². The molecule has 156 valence electrons. The molecule has 0 bridgehead atoms. The smallest absolute Gasteiger partial charge is 0.136 e. The van der Waals surface area contributed by atoms with Gasteiger partial charge in [-0.2, -0.15) is 0 Å². The summed E-state index contributed by atoms with van der Waals surface area (Å²) in [4.78, 5) is 0. The van der Waals surface area contributed by atoms with Crippen molar-refractivity contribution in [3.8, 4) is 22.3 Å². The first-order valence-electron chi connectivity index (χ1n) is 11.3. The van der Waals surface area contributed by atoms with E-state index in [9.17, 15) is 0 Å². The molecule has 5 aromatic carbocycles. The quantitative estimate of drug-likeness (QED) is 0.272. The number of aryl methyl sites for hydroxylation is 1. The molecule has 0 radical (unpaired) electrons. The summed E-state index contributed by atoms with van der Waals surface area (Å²) in [6.45, 7) is 0. The van der Waals surface area contributed by atoms with Gasteiger partial charge in [-0.05, 0) is 58.7 Å². The summed E-state index contributed by atoms with van der Waals surface area (Å²) in [5.74, 6) is 0. The first-order valence-corrected chi connectivity index (χ1v) is 11.3. The topological polar surface area (TPSA) is 18.1 Å². The second-order valence-electron chi connectivity index (χ2n) is 8.67. The van der Waals surface area contributed by atoms with Crippen LogP contribution in [0.5, 0.6) is 0 Å². The Kier molecular flexibility index (Phi) is 3.80. The molecular weight excluding hydrogens is 402 g/mol. The van der Waals surface area contributed by atoms with E-state index in [1.54, 1.807) is 0 Å². The predicted molar refractivity (Wildman–Crippen MR) is 139 cm³/mol. The number of fused-ring (bicyclic) bond motifs is 7. The average molecular weight is 424 g/mol. The standard InChI is InChI=1S/C31H21NO/c1-32-26-14-12-22(20-8-4-2-5-9-20)18-24(26)30-27(32)15-17-29-31(30)25-19-23(13-16-28(25)33-29)21-10-6-3-7-11-21/h2-19H,1H3. The molecule has 2 aromatic heterocycles. The van der Waals surface area contributed by atoms with Crippen LogP contribution in [0.4, 0.5) is 0 Å². The maximum Gasteiger partial charge on any atom is 0.136 e. The Morgan fingerprint density at radius 3 is 1.76 bits per heavy atom. The fourth-order valence-corrected chi connectivity index (χ4v) is 5.19. The van der Waals surface area contributed by atoms with Gasteiger partial charge < -0.3 is 8.98 Å². The molecule has 0 unspecified atom stereocenters. The van der Waals surface area contributed by atoms with Crippen molar-refractivity contribution in [1.82, 2.24) is 4.57 Å². The van der Waals surface area contributed by atoms with Crippen molar-refractivity contribution in [2.45, 2.75) is 0 Å². The van der Waals surface area contributed by atoms with Crippen molar-refractivity contribution < 1.29 is 4.42 Å². The molecule has 0 saturated carbocycles. The highest BCUT2D eigenvalue weighted by molar-refractivity contribution is 6.27. The summed E-state index contributed by atoms with van der Waals surface area (Å²) in [7, 11) is 2.15. The van der Waals surface area contributed by atoms with Crippen LogP contribution in [0.15, 0.2) is 114 Å². The number of nitrogens with zero attached hydrogens (tertiary/aromatic N) is 1. The largest absolute Gasteiger partial charge is 0.456 e. The monoisotopic (exact) mass is 423 g/mol. The molecule has 0 saturated heterocycles. The fourth-order valence-electron chi connectivity index (χ4n) is 5.19. The van der Waals surface area contributed by atoms with Crippen molar-refractivity contribution in [2.75, 3.05) is 0 Å². The van der Waals surface area contributed by atoms with Crippen molar-refractivity contribution >= 4 is 43.7 Å². The van der Waals surface area contributed by atoms with Gasteiger partial charge in [-0.25, -0.2) is 0 Å². The zero-order valence-electron chi connectivity index (χ0n) is 18.2. The van der Waals surface area contributed by atoms with Gasteiger partial charge in [0.2, 0.25) is 0 Å². The number of hydrogen-bond donors (Lipinski definition) is 0. The number of furan rings is 1. The summed E-state index contributed by atoms with van der Waals surface area (Å²) in [5, 5.41) is 4.87. The Labute approximate surface area is 191 Å². The van der Waals surface area contributed by atoms with Crippen molar-refractivity contribution in [2.24, 2.45) is 7.05 Å². The van der Waals surface area contributed by atoms with Gasteiger partial charge >= 0.3 is 0 Å². The molecular formula is C31H21NO. The molecule has 7 aromatic rings. The molecule has 2 nitrogen and oxygen atoms in total. The van der Waals surface area contributed by atoms with Gasteiger partial charge in [0, 0.05) is 39.6 Å². The van der Waals surface area contributed by atoms with Crippen LogP contribution in [0, 0.1) is 0 Å². The highest BCUT2D eigenvalue weighted by Gasteiger charge is 2.17. The van der Waals surface area contributed by atoms with Crippen LogP contribution < -0.4 is 0 Å². The summed E-state index contributed by atoms with van der Waals surface area (Å²) in [6, 6.07) is 38.7. The van der Waals surface area contributed by atoms with Crippen molar-refractivity contribution in [3.63, 3.8) is 0 Å². The first-order chi connectivity index (χ1) is 16.3. The van der Waals surface area contributed by atoms with Crippen LogP contribution in [-0.2, 0) is 7.05 Å². The third-order valence-corrected chi connectivity index (χ3v) is 6.82. The second-order valence-corrected chi connectivity index (χ2v) is 8.67.